The van der Waals surface area contributed by atoms with E-state index in [1.165, 1.54) is 0 Å². The van der Waals surface area contributed by atoms with Crippen molar-refractivity contribution < 1.29 is 37.9 Å². The second kappa shape index (κ2) is 9.84. The van der Waals surface area contributed by atoms with Gasteiger partial charge in [-0.2, -0.15) is 0 Å². The van der Waals surface area contributed by atoms with Crippen LogP contribution in [0.15, 0.2) is 0 Å². The number of thiol groups is 1. The molecule has 0 aliphatic heterocycles. The summed E-state index contributed by atoms with van der Waals surface area (Å²) in [6.45, 7) is -0.842. The van der Waals surface area contributed by atoms with Crippen LogP contribution in [0.25, 0.3) is 0 Å². The number of hydrogen-bond donors (Lipinski definition) is 6. The largest absolute Gasteiger partial charge is 2.00 e. The molecule has 98 valence electrons. The number of rotatable bonds is 5. The van der Waals surface area contributed by atoms with Crippen LogP contribution in [0.3, 0.4) is 0 Å². The Bertz CT molecular complexity index is 274. The van der Waals surface area contributed by atoms with E-state index in [-0.39, 0.29) is 40.6 Å². The molecule has 0 aromatic carbocycles. The number of carbonyl (C=O) groups is 1. The van der Waals surface area contributed by atoms with E-state index in [1.807, 2.05) is 0 Å². The number of esters is 1. The van der Waals surface area contributed by atoms with Gasteiger partial charge in [-0.3, -0.25) is 0 Å². The molecule has 0 aromatic heterocycles. The van der Waals surface area contributed by atoms with Gasteiger partial charge in [0.25, 0.3) is 0 Å². The van der Waals surface area contributed by atoms with E-state index in [4.69, 9.17) is 15.3 Å². The molecule has 0 amide bonds. The summed E-state index contributed by atoms with van der Waals surface area (Å²) < 4.78 is 3.72. The second-order valence-electron chi connectivity index (χ2n) is 2.86. The zero-order chi connectivity index (χ0) is 12.9. The number of thiocarbonyl (C=S) groups is 1. The molecule has 0 fully saturated rings. The van der Waals surface area contributed by atoms with E-state index in [2.05, 4.69) is 29.6 Å². The third-order valence-electron chi connectivity index (χ3n) is 1.68. The van der Waals surface area contributed by atoms with E-state index in [9.17, 15) is 15.0 Å². The number of carbonyl (C=O) groups excluding carboxylic acids is 1. The summed E-state index contributed by atoms with van der Waals surface area (Å²) in [5.41, 5.74) is 0. The van der Waals surface area contributed by atoms with Crippen molar-refractivity contribution >= 4 is 72.9 Å². The molecule has 0 aliphatic carbocycles. The Morgan fingerprint density at radius 1 is 1.29 bits per heavy atom. The third kappa shape index (κ3) is 7.21. The molecule has 5 N–H and O–H groups in total. The van der Waals surface area contributed by atoms with Gasteiger partial charge in [0.1, 0.15) is 18.3 Å². The zero-order valence-electron chi connectivity index (χ0n) is 10.6. The summed E-state index contributed by atoms with van der Waals surface area (Å²) in [6.07, 6.45) is -7.72. The molecule has 0 saturated heterocycles. The van der Waals surface area contributed by atoms with Gasteiger partial charge in [-0.1, -0.05) is 12.6 Å². The fraction of sp³-hybridized carbons (Fsp3) is 0.714. The van der Waals surface area contributed by atoms with Crippen LogP contribution in [0.1, 0.15) is 2.85 Å². The van der Waals surface area contributed by atoms with E-state index >= 15 is 0 Å². The summed E-state index contributed by atoms with van der Waals surface area (Å²) in [5, 5.41) is 45.0. The molecule has 0 aliphatic rings. The van der Waals surface area contributed by atoms with Crippen molar-refractivity contribution in [1.29, 1.82) is 0 Å². The molecule has 0 heterocycles. The van der Waals surface area contributed by atoms with Crippen LogP contribution >= 0.6 is 24.8 Å². The van der Waals surface area contributed by atoms with Gasteiger partial charge in [-0.05, 0) is 12.2 Å². The average molecular weight is 314 g/mol. The van der Waals surface area contributed by atoms with Crippen molar-refractivity contribution in [2.24, 2.45) is 0 Å². The first-order chi connectivity index (χ1) is 7.31. The van der Waals surface area contributed by atoms with Crippen molar-refractivity contribution in [2.45, 2.75) is 24.4 Å². The van der Waals surface area contributed by atoms with Crippen molar-refractivity contribution in [3.63, 3.8) is 0 Å². The van der Waals surface area contributed by atoms with Gasteiger partial charge in [0.2, 0.25) is 4.38 Å². The molecule has 17 heavy (non-hydrogen) atoms. The van der Waals surface area contributed by atoms with Gasteiger partial charge in [0, 0.05) is 0 Å². The maximum atomic E-state index is 11.0. The third-order valence-corrected chi connectivity index (χ3v) is 1.86. The summed E-state index contributed by atoms with van der Waals surface area (Å²) in [5.74, 6) is -1.32. The maximum absolute atomic E-state index is 11.0. The summed E-state index contributed by atoms with van der Waals surface area (Å²) in [4.78, 5) is 11.0. The van der Waals surface area contributed by atoms with E-state index in [0.29, 0.717) is 0 Å². The van der Waals surface area contributed by atoms with E-state index in [1.54, 1.807) is 0 Å². The van der Waals surface area contributed by atoms with Gasteiger partial charge >= 0.3 is 43.7 Å². The number of aliphatic hydroxyl groups is 5. The molecule has 0 saturated carbocycles. The summed E-state index contributed by atoms with van der Waals surface area (Å²) >= 11 is 7.75. The fourth-order valence-electron chi connectivity index (χ4n) is 0.808. The molecule has 0 aromatic rings. The van der Waals surface area contributed by atoms with Crippen LogP contribution in [0, 0.1) is 0 Å². The Hall–Kier alpha value is 0.970. The molecule has 0 radical (unpaired) electrons. The second-order valence-corrected chi connectivity index (χ2v) is 3.94. The zero-order valence-corrected chi connectivity index (χ0v) is 12.6. The predicted molar refractivity (Wildman–Crippen MR) is 66.8 cm³/mol. The molecule has 7 nitrogen and oxygen atoms in total. The van der Waals surface area contributed by atoms with Gasteiger partial charge < -0.3 is 33.1 Å². The monoisotopic (exact) mass is 314 g/mol. The minimum atomic E-state index is -2.11. The van der Waals surface area contributed by atoms with E-state index in [0.717, 1.165) is 0 Å². The average Bonchev–Trinajstić information content (AvgIpc) is 2.23. The van der Waals surface area contributed by atoms with Crippen LogP contribution in [0.2, 0.25) is 0 Å². The number of aliphatic hydroxyl groups excluding tert-OH is 5. The molecular weight excluding hydrogens is 300 g/mol. The minimum Gasteiger partial charge on any atom is -1.00 e. The standard InChI is InChI=1S/C7H12O7S2.Ca.2H/c8-1-2(9)3(10)4(11)5(12)6(13)14-7(15)16;;;/h2-5,8-12H,1H2,(H,15,16);;;/q;+2;2*-1/t2-,3-,4+,5-;;;/m1.../s1. The van der Waals surface area contributed by atoms with Crippen LogP contribution in [0.4, 0.5) is 0 Å². The number of ether oxygens (including phenoxy) is 1. The van der Waals surface area contributed by atoms with Crippen molar-refractivity contribution in [1.82, 2.24) is 0 Å². The molecule has 0 spiro atoms. The molecular formula is C7H14CaO7S2. The predicted octanol–water partition coefficient (Wildman–Crippen LogP) is -2.98. The first kappa shape index (κ1) is 20.3. The van der Waals surface area contributed by atoms with Gasteiger partial charge in [-0.25, -0.2) is 4.79 Å². The Morgan fingerprint density at radius 2 is 1.76 bits per heavy atom. The van der Waals surface area contributed by atoms with Crippen molar-refractivity contribution in [2.75, 3.05) is 6.61 Å². The molecule has 0 rings (SSSR count). The summed E-state index contributed by atoms with van der Waals surface area (Å²) in [6, 6.07) is 0. The fourth-order valence-corrected chi connectivity index (χ4v) is 0.980. The molecule has 0 bridgehead atoms. The quantitative estimate of drug-likeness (QED) is 0.137. The van der Waals surface area contributed by atoms with Gasteiger partial charge in [0.05, 0.1) is 6.61 Å². The van der Waals surface area contributed by atoms with Gasteiger partial charge in [0.15, 0.2) is 6.10 Å². The topological polar surface area (TPSA) is 127 Å². The molecule has 10 heteroatoms. The maximum Gasteiger partial charge on any atom is 2.00 e. The van der Waals surface area contributed by atoms with Crippen LogP contribution in [-0.4, -0.2) is 105 Å². The van der Waals surface area contributed by atoms with Crippen LogP contribution in [0.5, 0.6) is 0 Å². The Labute approximate surface area is 141 Å². The molecule has 0 unspecified atom stereocenters. The first-order valence-electron chi connectivity index (χ1n) is 4.09. The summed E-state index contributed by atoms with van der Waals surface area (Å²) in [7, 11) is 0. The minimum absolute atomic E-state index is 0. The van der Waals surface area contributed by atoms with Crippen molar-refractivity contribution in [3.8, 4) is 0 Å². The first-order valence-corrected chi connectivity index (χ1v) is 4.94. The Balaban J connectivity index is -0.000000375. The van der Waals surface area contributed by atoms with Crippen molar-refractivity contribution in [3.05, 3.63) is 0 Å². The van der Waals surface area contributed by atoms with E-state index < -0.39 is 41.4 Å². The van der Waals surface area contributed by atoms with Gasteiger partial charge in [-0.15, -0.1) is 0 Å². The SMILES string of the molecule is O=C(OC(=S)S)[C@H](O)[C@@H](O)[C@H](O)[C@H](O)CO.[Ca+2].[H-].[H-]. The molecule has 4 atom stereocenters. The normalized spacial score (nSPS) is 17.3. The smallest absolute Gasteiger partial charge is 1.00 e. The Morgan fingerprint density at radius 3 is 2.12 bits per heavy atom. The number of hydrogen-bond acceptors (Lipinski definition) is 8. The van der Waals surface area contributed by atoms with Crippen LogP contribution < -0.4 is 0 Å². The van der Waals surface area contributed by atoms with Crippen LogP contribution in [-0.2, 0) is 9.53 Å². The Kier molecular flexibility index (Phi) is 11.7.